The molecule has 0 aromatic carbocycles. The maximum atomic E-state index is 11.9. The molecule has 1 unspecified atom stereocenters. The lowest BCUT2D eigenvalue weighted by molar-refractivity contribution is -0.117. The van der Waals surface area contributed by atoms with E-state index in [-0.39, 0.29) is 17.8 Å². The van der Waals surface area contributed by atoms with Gasteiger partial charge in [-0.3, -0.25) is 9.69 Å². The standard InChI is InChI=1S/C12H15N3O3/c1-4-8-5-11(16)15(7-8)9-6-10(17-2)14-12(13-9)18-3/h4,6,8H,1,5,7H2,2-3H3. The van der Waals surface area contributed by atoms with E-state index in [1.165, 1.54) is 14.2 Å². The van der Waals surface area contributed by atoms with E-state index in [1.54, 1.807) is 17.0 Å². The number of nitrogens with zero attached hydrogens (tertiary/aromatic N) is 3. The molecule has 1 amide bonds. The molecule has 0 spiro atoms. The summed E-state index contributed by atoms with van der Waals surface area (Å²) in [7, 11) is 2.97. The first kappa shape index (κ1) is 12.3. The molecule has 1 aromatic rings. The fourth-order valence-electron chi connectivity index (χ4n) is 1.84. The lowest BCUT2D eigenvalue weighted by Gasteiger charge is -2.16. The number of rotatable bonds is 4. The largest absolute Gasteiger partial charge is 0.481 e. The Morgan fingerprint density at radius 3 is 2.78 bits per heavy atom. The molecule has 6 nitrogen and oxygen atoms in total. The molecule has 0 aliphatic carbocycles. The number of hydrogen-bond donors (Lipinski definition) is 0. The summed E-state index contributed by atoms with van der Waals surface area (Å²) in [6.45, 7) is 4.29. The number of anilines is 1. The zero-order valence-electron chi connectivity index (χ0n) is 10.4. The highest BCUT2D eigenvalue weighted by atomic mass is 16.5. The number of carbonyl (C=O) groups excluding carboxylic acids is 1. The van der Waals surface area contributed by atoms with Crippen LogP contribution in [0.2, 0.25) is 0 Å². The molecule has 1 saturated heterocycles. The topological polar surface area (TPSA) is 64.6 Å². The molecule has 1 aliphatic heterocycles. The van der Waals surface area contributed by atoms with E-state index in [0.29, 0.717) is 24.7 Å². The predicted molar refractivity (Wildman–Crippen MR) is 65.8 cm³/mol. The molecule has 2 rings (SSSR count). The molecule has 2 heterocycles. The molecule has 96 valence electrons. The Bertz CT molecular complexity index is 453. The van der Waals surface area contributed by atoms with Crippen molar-refractivity contribution in [2.75, 3.05) is 25.7 Å². The minimum absolute atomic E-state index is 0.0164. The zero-order valence-corrected chi connectivity index (χ0v) is 10.4. The molecule has 1 aromatic heterocycles. The van der Waals surface area contributed by atoms with Gasteiger partial charge in [0.05, 0.1) is 14.2 Å². The molecule has 0 bridgehead atoms. The molecule has 0 saturated carbocycles. The second-order valence-electron chi connectivity index (χ2n) is 3.96. The van der Waals surface area contributed by atoms with Crippen LogP contribution in [-0.4, -0.2) is 36.6 Å². The van der Waals surface area contributed by atoms with Gasteiger partial charge in [0.25, 0.3) is 0 Å². The van der Waals surface area contributed by atoms with Crippen molar-refractivity contribution in [2.45, 2.75) is 6.42 Å². The first-order chi connectivity index (χ1) is 8.67. The van der Waals surface area contributed by atoms with Crippen LogP contribution in [0.15, 0.2) is 18.7 Å². The average Bonchev–Trinajstić information content (AvgIpc) is 2.79. The third-order valence-corrected chi connectivity index (χ3v) is 2.83. The fourth-order valence-corrected chi connectivity index (χ4v) is 1.84. The molecular formula is C12H15N3O3. The van der Waals surface area contributed by atoms with Gasteiger partial charge in [0, 0.05) is 24.9 Å². The maximum Gasteiger partial charge on any atom is 0.321 e. The summed E-state index contributed by atoms with van der Waals surface area (Å²) in [6, 6.07) is 1.80. The Balaban J connectivity index is 2.32. The van der Waals surface area contributed by atoms with E-state index in [1.807, 2.05) is 0 Å². The number of ether oxygens (including phenoxy) is 2. The third kappa shape index (κ3) is 2.27. The Kier molecular flexibility index (Phi) is 3.45. The van der Waals surface area contributed by atoms with Crippen LogP contribution in [0.4, 0.5) is 5.82 Å². The van der Waals surface area contributed by atoms with Crippen molar-refractivity contribution in [1.82, 2.24) is 9.97 Å². The summed E-state index contributed by atoms with van der Waals surface area (Å²) in [5, 5.41) is 0. The van der Waals surface area contributed by atoms with Gasteiger partial charge in [-0.15, -0.1) is 6.58 Å². The minimum atomic E-state index is 0.0164. The highest BCUT2D eigenvalue weighted by molar-refractivity contribution is 5.95. The summed E-state index contributed by atoms with van der Waals surface area (Å²) in [5.41, 5.74) is 0. The van der Waals surface area contributed by atoms with Crippen molar-refractivity contribution in [3.63, 3.8) is 0 Å². The van der Waals surface area contributed by atoms with E-state index < -0.39 is 0 Å². The van der Waals surface area contributed by atoms with Gasteiger partial charge in [-0.05, 0) is 0 Å². The van der Waals surface area contributed by atoms with Crippen LogP contribution in [-0.2, 0) is 4.79 Å². The van der Waals surface area contributed by atoms with Crippen LogP contribution in [0.1, 0.15) is 6.42 Å². The molecule has 1 fully saturated rings. The van der Waals surface area contributed by atoms with Crippen LogP contribution in [0, 0.1) is 5.92 Å². The number of aromatic nitrogens is 2. The van der Waals surface area contributed by atoms with Gasteiger partial charge in [0.15, 0.2) is 0 Å². The fraction of sp³-hybridized carbons (Fsp3) is 0.417. The van der Waals surface area contributed by atoms with E-state index >= 15 is 0 Å². The monoisotopic (exact) mass is 249 g/mol. The predicted octanol–water partition coefficient (Wildman–Crippen LogP) is 1.03. The van der Waals surface area contributed by atoms with Gasteiger partial charge < -0.3 is 9.47 Å². The number of methoxy groups -OCH3 is 2. The van der Waals surface area contributed by atoms with Crippen LogP contribution in [0.5, 0.6) is 11.9 Å². The van der Waals surface area contributed by atoms with Gasteiger partial charge in [0.2, 0.25) is 11.8 Å². The van der Waals surface area contributed by atoms with Crippen molar-refractivity contribution >= 4 is 11.7 Å². The van der Waals surface area contributed by atoms with Crippen molar-refractivity contribution < 1.29 is 14.3 Å². The van der Waals surface area contributed by atoms with Crippen LogP contribution in [0.25, 0.3) is 0 Å². The third-order valence-electron chi connectivity index (χ3n) is 2.83. The Morgan fingerprint density at radius 1 is 1.44 bits per heavy atom. The highest BCUT2D eigenvalue weighted by Crippen LogP contribution is 2.27. The highest BCUT2D eigenvalue weighted by Gasteiger charge is 2.30. The average molecular weight is 249 g/mol. The van der Waals surface area contributed by atoms with Crippen molar-refractivity contribution in [1.29, 1.82) is 0 Å². The van der Waals surface area contributed by atoms with Gasteiger partial charge in [-0.1, -0.05) is 6.08 Å². The Hall–Kier alpha value is -2.11. The molecule has 18 heavy (non-hydrogen) atoms. The van der Waals surface area contributed by atoms with Gasteiger partial charge in [-0.2, -0.15) is 9.97 Å². The van der Waals surface area contributed by atoms with Gasteiger partial charge in [0.1, 0.15) is 5.82 Å². The Morgan fingerprint density at radius 2 is 2.22 bits per heavy atom. The lowest BCUT2D eigenvalue weighted by atomic mass is 10.1. The smallest absolute Gasteiger partial charge is 0.321 e. The number of hydrogen-bond acceptors (Lipinski definition) is 5. The molecular weight excluding hydrogens is 234 g/mol. The van der Waals surface area contributed by atoms with Crippen molar-refractivity contribution in [3.8, 4) is 11.9 Å². The van der Waals surface area contributed by atoms with Crippen LogP contribution in [0.3, 0.4) is 0 Å². The summed E-state index contributed by atoms with van der Waals surface area (Å²) in [6.07, 6.45) is 2.24. The number of carbonyl (C=O) groups is 1. The second kappa shape index (κ2) is 5.03. The van der Waals surface area contributed by atoms with Gasteiger partial charge >= 0.3 is 6.01 Å². The lowest BCUT2D eigenvalue weighted by Crippen LogP contribution is -2.25. The van der Waals surface area contributed by atoms with E-state index in [0.717, 1.165) is 0 Å². The first-order valence-electron chi connectivity index (χ1n) is 5.58. The van der Waals surface area contributed by atoms with E-state index in [2.05, 4.69) is 16.5 Å². The molecule has 0 N–H and O–H groups in total. The summed E-state index contributed by atoms with van der Waals surface area (Å²) in [5.74, 6) is 1.03. The minimum Gasteiger partial charge on any atom is -0.481 e. The normalized spacial score (nSPS) is 18.9. The molecule has 6 heteroatoms. The molecule has 1 aliphatic rings. The molecule has 0 radical (unpaired) electrons. The van der Waals surface area contributed by atoms with Crippen LogP contribution < -0.4 is 14.4 Å². The summed E-state index contributed by atoms with van der Waals surface area (Å²) < 4.78 is 10.0. The zero-order chi connectivity index (χ0) is 13.1. The first-order valence-corrected chi connectivity index (χ1v) is 5.58. The van der Waals surface area contributed by atoms with Crippen LogP contribution >= 0.6 is 0 Å². The van der Waals surface area contributed by atoms with Crippen molar-refractivity contribution in [2.24, 2.45) is 5.92 Å². The van der Waals surface area contributed by atoms with Gasteiger partial charge in [-0.25, -0.2) is 0 Å². The SMILES string of the molecule is C=CC1CC(=O)N(c2cc(OC)nc(OC)n2)C1. The van der Waals surface area contributed by atoms with E-state index in [9.17, 15) is 4.79 Å². The summed E-state index contributed by atoms with van der Waals surface area (Å²) >= 11 is 0. The molecule has 1 atom stereocenters. The maximum absolute atomic E-state index is 11.9. The second-order valence-corrected chi connectivity index (χ2v) is 3.96. The quantitative estimate of drug-likeness (QED) is 0.746. The van der Waals surface area contributed by atoms with Crippen molar-refractivity contribution in [3.05, 3.63) is 18.7 Å². The summed E-state index contributed by atoms with van der Waals surface area (Å²) in [4.78, 5) is 21.6. The number of amides is 1. The van der Waals surface area contributed by atoms with E-state index in [4.69, 9.17) is 9.47 Å². The Labute approximate surface area is 105 Å².